The van der Waals surface area contributed by atoms with Gasteiger partial charge in [0.15, 0.2) is 0 Å². The zero-order chi connectivity index (χ0) is 24.7. The molecule has 0 rings (SSSR count). The van der Waals surface area contributed by atoms with Crippen LogP contribution in [0.1, 0.15) is 130 Å². The van der Waals surface area contributed by atoms with Crippen molar-refractivity contribution >= 4 is 8.80 Å². The average molecular weight is 489 g/mol. The standard InChI is InChI=1S/C28H62NO3Si/c1-7-10-11-12-13-14-15-16-17-18-19-20-21-22-26-29(24-8-2,25-9-3)27-23-28-33(30-4,31-5)32-6/h7-28H2,1-6H3/q+1. The summed E-state index contributed by atoms with van der Waals surface area (Å²) in [4.78, 5) is 0. The van der Waals surface area contributed by atoms with Gasteiger partial charge in [-0.3, -0.25) is 0 Å². The molecule has 0 fully saturated rings. The first-order valence-corrected chi connectivity index (χ1v) is 16.5. The van der Waals surface area contributed by atoms with Crippen molar-refractivity contribution < 1.29 is 17.8 Å². The minimum Gasteiger partial charge on any atom is -0.377 e. The van der Waals surface area contributed by atoms with Crippen molar-refractivity contribution in [2.45, 2.75) is 136 Å². The summed E-state index contributed by atoms with van der Waals surface area (Å²) in [5.41, 5.74) is 0. The van der Waals surface area contributed by atoms with Crippen molar-refractivity contribution in [3.05, 3.63) is 0 Å². The maximum Gasteiger partial charge on any atom is 0.500 e. The monoisotopic (exact) mass is 488 g/mol. The van der Waals surface area contributed by atoms with Gasteiger partial charge in [0.25, 0.3) is 0 Å². The molecular weight excluding hydrogens is 426 g/mol. The van der Waals surface area contributed by atoms with E-state index in [1.165, 1.54) is 133 Å². The van der Waals surface area contributed by atoms with E-state index >= 15 is 0 Å². The van der Waals surface area contributed by atoms with E-state index in [9.17, 15) is 0 Å². The maximum absolute atomic E-state index is 5.65. The minimum absolute atomic E-state index is 0.919. The van der Waals surface area contributed by atoms with E-state index in [1.807, 2.05) is 0 Å². The second-order valence-electron chi connectivity index (χ2n) is 10.2. The van der Waals surface area contributed by atoms with Gasteiger partial charge in [0.1, 0.15) is 0 Å². The van der Waals surface area contributed by atoms with Gasteiger partial charge in [-0.2, -0.15) is 0 Å². The molecule has 0 aliphatic rings. The lowest BCUT2D eigenvalue weighted by molar-refractivity contribution is -0.928. The maximum atomic E-state index is 5.65. The Hall–Kier alpha value is 0.0569. The molecule has 0 aliphatic heterocycles. The van der Waals surface area contributed by atoms with E-state index < -0.39 is 8.80 Å². The molecule has 0 atom stereocenters. The van der Waals surface area contributed by atoms with Crippen LogP contribution in [0.4, 0.5) is 0 Å². The lowest BCUT2D eigenvalue weighted by Crippen LogP contribution is -2.51. The summed E-state index contributed by atoms with van der Waals surface area (Å²) in [6.45, 7) is 12.1. The first-order valence-electron chi connectivity index (χ1n) is 14.6. The van der Waals surface area contributed by atoms with Crippen LogP contribution in [0.15, 0.2) is 0 Å². The average Bonchev–Trinajstić information content (AvgIpc) is 2.83. The van der Waals surface area contributed by atoms with Gasteiger partial charge < -0.3 is 17.8 Å². The summed E-state index contributed by atoms with van der Waals surface area (Å²) in [6, 6.07) is 0.919. The van der Waals surface area contributed by atoms with Gasteiger partial charge in [-0.15, -0.1) is 0 Å². The third-order valence-corrected chi connectivity index (χ3v) is 10.3. The molecule has 0 saturated carbocycles. The Bertz CT molecular complexity index is 390. The molecule has 0 aromatic carbocycles. The summed E-state index contributed by atoms with van der Waals surface area (Å²) < 4.78 is 18.2. The molecule has 0 radical (unpaired) electrons. The van der Waals surface area contributed by atoms with E-state index in [4.69, 9.17) is 13.3 Å². The SMILES string of the molecule is CCCCCCCCCCCCCCCC[N+](CCC)(CCC)CCC[Si](OC)(OC)OC. The van der Waals surface area contributed by atoms with E-state index in [2.05, 4.69) is 20.8 Å². The summed E-state index contributed by atoms with van der Waals surface area (Å²) in [7, 11) is 2.74. The summed E-state index contributed by atoms with van der Waals surface area (Å²) in [5, 5.41) is 0. The van der Waals surface area contributed by atoms with E-state index in [0.29, 0.717) is 0 Å². The van der Waals surface area contributed by atoms with E-state index in [1.54, 1.807) is 21.3 Å². The molecule has 4 nitrogen and oxygen atoms in total. The van der Waals surface area contributed by atoms with Gasteiger partial charge in [0, 0.05) is 33.8 Å². The summed E-state index contributed by atoms with van der Waals surface area (Å²) in [6.07, 6.45) is 23.7. The van der Waals surface area contributed by atoms with Crippen LogP contribution in [-0.4, -0.2) is 60.8 Å². The van der Waals surface area contributed by atoms with Gasteiger partial charge in [-0.1, -0.05) is 97.8 Å². The van der Waals surface area contributed by atoms with Crippen LogP contribution in [0.2, 0.25) is 6.04 Å². The fraction of sp³-hybridized carbons (Fsp3) is 1.00. The smallest absolute Gasteiger partial charge is 0.377 e. The molecule has 0 bridgehead atoms. The third-order valence-electron chi connectivity index (χ3n) is 7.43. The van der Waals surface area contributed by atoms with Crippen molar-refractivity contribution in [3.63, 3.8) is 0 Å². The highest BCUT2D eigenvalue weighted by atomic mass is 28.4. The van der Waals surface area contributed by atoms with Crippen LogP contribution >= 0.6 is 0 Å². The van der Waals surface area contributed by atoms with Gasteiger partial charge in [-0.25, -0.2) is 0 Å². The van der Waals surface area contributed by atoms with Crippen molar-refractivity contribution in [2.75, 3.05) is 47.5 Å². The van der Waals surface area contributed by atoms with Gasteiger partial charge in [0.2, 0.25) is 0 Å². The molecule has 5 heteroatoms. The Balaban J connectivity index is 4.08. The number of nitrogens with zero attached hydrogens (tertiary/aromatic N) is 1. The van der Waals surface area contributed by atoms with E-state index in [-0.39, 0.29) is 0 Å². The predicted molar refractivity (Wildman–Crippen MR) is 147 cm³/mol. The Kier molecular flexibility index (Phi) is 22.6. The number of unbranched alkanes of at least 4 members (excludes halogenated alkanes) is 13. The molecule has 0 aromatic rings. The number of quaternary nitrogens is 1. The lowest BCUT2D eigenvalue weighted by Gasteiger charge is -2.39. The van der Waals surface area contributed by atoms with Crippen LogP contribution < -0.4 is 0 Å². The van der Waals surface area contributed by atoms with Crippen molar-refractivity contribution in [1.82, 2.24) is 0 Å². The molecule has 0 amide bonds. The van der Waals surface area contributed by atoms with Gasteiger partial charge in [0.05, 0.1) is 26.2 Å². The van der Waals surface area contributed by atoms with E-state index in [0.717, 1.165) is 12.5 Å². The third kappa shape index (κ3) is 16.4. The van der Waals surface area contributed by atoms with Crippen molar-refractivity contribution in [2.24, 2.45) is 0 Å². The topological polar surface area (TPSA) is 27.7 Å². The Morgan fingerprint density at radius 3 is 1.15 bits per heavy atom. The predicted octanol–water partition coefficient (Wildman–Crippen LogP) is 8.37. The molecule has 0 N–H and O–H groups in total. The molecule has 33 heavy (non-hydrogen) atoms. The molecule has 0 spiro atoms. The zero-order valence-corrected chi connectivity index (χ0v) is 24.7. The van der Waals surface area contributed by atoms with Gasteiger partial charge >= 0.3 is 8.80 Å². The quantitative estimate of drug-likeness (QED) is 0.0695. The first kappa shape index (κ1) is 33.1. The highest BCUT2D eigenvalue weighted by Crippen LogP contribution is 2.21. The van der Waals surface area contributed by atoms with Crippen molar-refractivity contribution in [1.29, 1.82) is 0 Å². The summed E-state index contributed by atoms with van der Waals surface area (Å²) in [5.74, 6) is 0. The van der Waals surface area contributed by atoms with Crippen LogP contribution in [0.5, 0.6) is 0 Å². The minimum atomic E-state index is -2.45. The number of hydrogen-bond acceptors (Lipinski definition) is 3. The molecule has 0 aromatic heterocycles. The molecule has 0 heterocycles. The lowest BCUT2D eigenvalue weighted by atomic mass is 10.0. The number of hydrogen-bond donors (Lipinski definition) is 0. The molecular formula is C28H62NO3Si+. The Labute approximate surface area is 210 Å². The highest BCUT2D eigenvalue weighted by molar-refractivity contribution is 6.60. The van der Waals surface area contributed by atoms with Crippen molar-refractivity contribution in [3.8, 4) is 0 Å². The van der Waals surface area contributed by atoms with Crippen LogP contribution in [0, 0.1) is 0 Å². The summed E-state index contributed by atoms with van der Waals surface area (Å²) >= 11 is 0. The second-order valence-corrected chi connectivity index (χ2v) is 13.3. The van der Waals surface area contributed by atoms with Crippen LogP contribution in [0.25, 0.3) is 0 Å². The molecule has 0 saturated heterocycles. The first-order chi connectivity index (χ1) is 16.1. The van der Waals surface area contributed by atoms with Gasteiger partial charge in [-0.05, 0) is 25.7 Å². The Morgan fingerprint density at radius 2 is 0.788 bits per heavy atom. The number of rotatable bonds is 26. The zero-order valence-electron chi connectivity index (χ0n) is 23.7. The van der Waals surface area contributed by atoms with Crippen LogP contribution in [-0.2, 0) is 13.3 Å². The molecule has 0 aliphatic carbocycles. The largest absolute Gasteiger partial charge is 0.500 e. The Morgan fingerprint density at radius 1 is 0.424 bits per heavy atom. The van der Waals surface area contributed by atoms with Crippen LogP contribution in [0.3, 0.4) is 0 Å². The highest BCUT2D eigenvalue weighted by Gasteiger charge is 2.38. The normalized spacial score (nSPS) is 12.5. The fourth-order valence-corrected chi connectivity index (χ4v) is 7.15. The second kappa shape index (κ2) is 22.5. The molecule has 0 unspecified atom stereocenters. The molecule has 200 valence electrons. The fourth-order valence-electron chi connectivity index (χ4n) is 5.45.